The Kier molecular flexibility index (Phi) is 7.48. The van der Waals surface area contributed by atoms with Crippen molar-refractivity contribution in [3.63, 3.8) is 0 Å². The molecule has 0 heterocycles. The lowest BCUT2D eigenvalue weighted by molar-refractivity contribution is -0.133. The summed E-state index contributed by atoms with van der Waals surface area (Å²) in [6.07, 6.45) is -0.0981. The van der Waals surface area contributed by atoms with E-state index < -0.39 is 23.1 Å². The second kappa shape index (κ2) is 9.96. The Labute approximate surface area is 203 Å². The Balaban J connectivity index is 1.96. The first-order chi connectivity index (χ1) is 15.4. The summed E-state index contributed by atoms with van der Waals surface area (Å²) in [5.74, 6) is -2.26. The number of ether oxygens (including phenoxy) is 1. The molecular formula is C25H22F2INO4. The van der Waals surface area contributed by atoms with Crippen LogP contribution < -0.4 is 10.5 Å². The van der Waals surface area contributed by atoms with Gasteiger partial charge in [-0.25, -0.2) is 8.78 Å². The van der Waals surface area contributed by atoms with E-state index in [-0.39, 0.29) is 46.8 Å². The average molecular weight is 565 g/mol. The monoisotopic (exact) mass is 565 g/mol. The molecule has 8 heteroatoms. The van der Waals surface area contributed by atoms with Gasteiger partial charge in [-0.2, -0.15) is 0 Å². The zero-order valence-corrected chi connectivity index (χ0v) is 20.2. The number of carbonyl (C=O) groups excluding carboxylic acids is 2. The molecule has 0 atom stereocenters. The fraction of sp³-hybridized carbons (Fsp3) is 0.200. The standard InChI is InChI=1S/C25H22F2INO4/c1-25(2,32)22(30)9-14-4-3-5-19(8-14)33-21-12-17(26)11-16(23(21)24(29)31)10-15-6-7-18(28)13-20(15)27/h3-8,11-13,32H,9-10H2,1-2H3,(H2,29,31). The van der Waals surface area contributed by atoms with E-state index in [0.717, 1.165) is 12.1 Å². The Morgan fingerprint density at radius 2 is 1.79 bits per heavy atom. The van der Waals surface area contributed by atoms with Crippen molar-refractivity contribution in [2.45, 2.75) is 32.3 Å². The molecule has 5 nitrogen and oxygen atoms in total. The molecule has 0 aliphatic rings. The van der Waals surface area contributed by atoms with Crippen LogP contribution in [0.15, 0.2) is 54.6 Å². The van der Waals surface area contributed by atoms with Crippen LogP contribution in [0.4, 0.5) is 8.78 Å². The first-order valence-corrected chi connectivity index (χ1v) is 11.1. The molecule has 0 aliphatic carbocycles. The molecule has 0 aliphatic heterocycles. The predicted molar refractivity (Wildman–Crippen MR) is 128 cm³/mol. The molecule has 0 aromatic heterocycles. The van der Waals surface area contributed by atoms with Crippen LogP contribution in [-0.2, 0) is 17.6 Å². The van der Waals surface area contributed by atoms with Gasteiger partial charge in [0.15, 0.2) is 5.78 Å². The smallest absolute Gasteiger partial charge is 0.252 e. The van der Waals surface area contributed by atoms with E-state index in [4.69, 9.17) is 10.5 Å². The number of benzene rings is 3. The SMILES string of the molecule is CC(C)(O)C(=O)Cc1cccc(Oc2cc(F)cc(Cc3ccc(I)cc3F)c2C(N)=O)c1. The van der Waals surface area contributed by atoms with Gasteiger partial charge < -0.3 is 15.6 Å². The van der Waals surface area contributed by atoms with Crippen LogP contribution in [0, 0.1) is 15.2 Å². The predicted octanol–water partition coefficient (Wildman–Crippen LogP) is 4.93. The number of hydrogen-bond donors (Lipinski definition) is 2. The van der Waals surface area contributed by atoms with E-state index >= 15 is 0 Å². The minimum Gasteiger partial charge on any atom is -0.456 e. The van der Waals surface area contributed by atoms with Gasteiger partial charge in [-0.15, -0.1) is 0 Å². The van der Waals surface area contributed by atoms with E-state index in [0.29, 0.717) is 9.13 Å². The van der Waals surface area contributed by atoms with Crippen LogP contribution >= 0.6 is 22.6 Å². The molecular weight excluding hydrogens is 543 g/mol. The van der Waals surface area contributed by atoms with Gasteiger partial charge in [0.05, 0.1) is 5.56 Å². The van der Waals surface area contributed by atoms with E-state index in [1.807, 2.05) is 22.6 Å². The molecule has 0 bridgehead atoms. The highest BCUT2D eigenvalue weighted by atomic mass is 127. The molecule has 33 heavy (non-hydrogen) atoms. The Bertz CT molecular complexity index is 1220. The van der Waals surface area contributed by atoms with Crippen LogP contribution in [0.3, 0.4) is 0 Å². The first-order valence-electron chi connectivity index (χ1n) is 10.0. The normalized spacial score (nSPS) is 11.3. The summed E-state index contributed by atoms with van der Waals surface area (Å²) in [6, 6.07) is 13.2. The second-order valence-corrected chi connectivity index (χ2v) is 9.37. The molecule has 1 amide bonds. The summed E-state index contributed by atoms with van der Waals surface area (Å²) in [4.78, 5) is 24.4. The van der Waals surface area contributed by atoms with E-state index in [9.17, 15) is 23.5 Å². The summed E-state index contributed by atoms with van der Waals surface area (Å²) in [5.41, 5.74) is 5.05. The average Bonchev–Trinajstić information content (AvgIpc) is 2.69. The van der Waals surface area contributed by atoms with Crippen molar-refractivity contribution in [2.24, 2.45) is 5.73 Å². The summed E-state index contributed by atoms with van der Waals surface area (Å²) in [7, 11) is 0. The number of ketones is 1. The van der Waals surface area contributed by atoms with Gasteiger partial charge >= 0.3 is 0 Å². The molecule has 3 aromatic carbocycles. The molecule has 0 spiro atoms. The summed E-state index contributed by atoms with van der Waals surface area (Å²) < 4.78 is 35.3. The van der Waals surface area contributed by atoms with Gasteiger partial charge in [-0.1, -0.05) is 18.2 Å². The van der Waals surface area contributed by atoms with Crippen molar-refractivity contribution in [2.75, 3.05) is 0 Å². The molecule has 172 valence electrons. The van der Waals surface area contributed by atoms with Crippen molar-refractivity contribution in [3.05, 3.63) is 92.1 Å². The number of hydrogen-bond acceptors (Lipinski definition) is 4. The fourth-order valence-corrected chi connectivity index (χ4v) is 3.71. The number of primary amides is 1. The van der Waals surface area contributed by atoms with Crippen molar-refractivity contribution in [1.29, 1.82) is 0 Å². The van der Waals surface area contributed by atoms with Gasteiger partial charge in [-0.3, -0.25) is 9.59 Å². The molecule has 0 fully saturated rings. The van der Waals surface area contributed by atoms with Crippen LogP contribution in [0.5, 0.6) is 11.5 Å². The van der Waals surface area contributed by atoms with Gasteiger partial charge in [0.1, 0.15) is 28.7 Å². The number of rotatable bonds is 8. The summed E-state index contributed by atoms with van der Waals surface area (Å²) in [6.45, 7) is 2.80. The van der Waals surface area contributed by atoms with Crippen LogP contribution in [0.2, 0.25) is 0 Å². The summed E-state index contributed by atoms with van der Waals surface area (Å²) >= 11 is 1.98. The maximum Gasteiger partial charge on any atom is 0.252 e. The van der Waals surface area contributed by atoms with E-state index in [1.54, 1.807) is 36.4 Å². The van der Waals surface area contributed by atoms with Crippen molar-refractivity contribution in [3.8, 4) is 11.5 Å². The van der Waals surface area contributed by atoms with Crippen molar-refractivity contribution >= 4 is 34.3 Å². The third kappa shape index (κ3) is 6.35. The van der Waals surface area contributed by atoms with Gasteiger partial charge in [0.25, 0.3) is 5.91 Å². The Morgan fingerprint density at radius 3 is 2.42 bits per heavy atom. The lowest BCUT2D eigenvalue weighted by Crippen LogP contribution is -2.32. The number of nitrogens with two attached hydrogens (primary N) is 1. The summed E-state index contributed by atoms with van der Waals surface area (Å²) in [5, 5.41) is 9.87. The second-order valence-electron chi connectivity index (χ2n) is 8.12. The minimum absolute atomic E-state index is 0.0378. The van der Waals surface area contributed by atoms with Gasteiger partial charge in [0, 0.05) is 22.5 Å². The zero-order valence-electron chi connectivity index (χ0n) is 18.0. The van der Waals surface area contributed by atoms with Crippen LogP contribution in [0.1, 0.15) is 40.9 Å². The number of aliphatic hydroxyl groups is 1. The quantitative estimate of drug-likeness (QED) is 0.379. The van der Waals surface area contributed by atoms with Crippen LogP contribution in [0.25, 0.3) is 0 Å². The topological polar surface area (TPSA) is 89.6 Å². The zero-order chi connectivity index (χ0) is 24.3. The highest BCUT2D eigenvalue weighted by Gasteiger charge is 2.24. The Morgan fingerprint density at radius 1 is 1.06 bits per heavy atom. The van der Waals surface area contributed by atoms with Crippen molar-refractivity contribution in [1.82, 2.24) is 0 Å². The lowest BCUT2D eigenvalue weighted by Gasteiger charge is -2.16. The van der Waals surface area contributed by atoms with Gasteiger partial charge in [0.2, 0.25) is 0 Å². The minimum atomic E-state index is -1.49. The van der Waals surface area contributed by atoms with E-state index in [2.05, 4.69) is 0 Å². The molecule has 0 saturated carbocycles. The Hall–Kier alpha value is -2.85. The van der Waals surface area contributed by atoms with Crippen molar-refractivity contribution < 1.29 is 28.2 Å². The largest absolute Gasteiger partial charge is 0.456 e. The maximum absolute atomic E-state index is 14.4. The number of halogens is 3. The molecule has 3 rings (SSSR count). The number of Topliss-reactive ketones (excluding diaryl/α,β-unsaturated/α-hetero) is 1. The molecule has 0 radical (unpaired) electrons. The number of carbonyl (C=O) groups is 2. The fourth-order valence-electron chi connectivity index (χ4n) is 3.25. The maximum atomic E-state index is 14.4. The highest BCUT2D eigenvalue weighted by molar-refractivity contribution is 14.1. The number of amides is 1. The van der Waals surface area contributed by atoms with E-state index in [1.165, 1.54) is 19.9 Å². The molecule has 0 unspecified atom stereocenters. The molecule has 3 aromatic rings. The molecule has 0 saturated heterocycles. The van der Waals surface area contributed by atoms with Crippen LogP contribution in [-0.4, -0.2) is 22.4 Å². The first kappa shape index (κ1) is 24.8. The van der Waals surface area contributed by atoms with Gasteiger partial charge in [-0.05, 0) is 83.5 Å². The third-order valence-corrected chi connectivity index (χ3v) is 5.64. The molecule has 3 N–H and O–H groups in total. The lowest BCUT2D eigenvalue weighted by atomic mass is 9.97. The third-order valence-electron chi connectivity index (χ3n) is 4.96. The highest BCUT2D eigenvalue weighted by Crippen LogP contribution is 2.31.